The summed E-state index contributed by atoms with van der Waals surface area (Å²) in [5, 5.41) is 3.46. The number of aromatic nitrogens is 2. The van der Waals surface area contributed by atoms with E-state index in [0.29, 0.717) is 18.6 Å². The van der Waals surface area contributed by atoms with Gasteiger partial charge < -0.3 is 15.0 Å². The number of nitrogens with one attached hydrogen (secondary N) is 1. The number of fused-ring (bicyclic) bond motifs is 2. The molecule has 2 aromatic heterocycles. The maximum absolute atomic E-state index is 13.7. The van der Waals surface area contributed by atoms with Gasteiger partial charge in [-0.1, -0.05) is 19.9 Å². The fourth-order valence-electron chi connectivity index (χ4n) is 5.26. The van der Waals surface area contributed by atoms with Gasteiger partial charge in [-0.25, -0.2) is 13.2 Å². The molecule has 3 aromatic rings. The molecular weight excluding hydrogens is 522 g/mol. The maximum Gasteiger partial charge on any atom is 0.413 e. The molecule has 12 heteroatoms. The zero-order valence-electron chi connectivity index (χ0n) is 21.6. The Hall–Kier alpha value is -3.90. The number of nitrogens with zero attached hydrogens (tertiary/aromatic N) is 4. The van der Waals surface area contributed by atoms with Crippen LogP contribution in [0.25, 0.3) is 10.9 Å². The van der Waals surface area contributed by atoms with Gasteiger partial charge in [0.15, 0.2) is 5.78 Å². The van der Waals surface area contributed by atoms with E-state index in [2.05, 4.69) is 15.3 Å². The highest BCUT2D eigenvalue weighted by Crippen LogP contribution is 2.34. The summed E-state index contributed by atoms with van der Waals surface area (Å²) < 4.78 is 33.1. The predicted molar refractivity (Wildman–Crippen MR) is 141 cm³/mol. The van der Waals surface area contributed by atoms with Crippen LogP contribution in [0.5, 0.6) is 5.75 Å². The largest absolute Gasteiger partial charge is 0.413 e. The number of hydrogen-bond donors (Lipinski definition) is 1. The van der Waals surface area contributed by atoms with Crippen molar-refractivity contribution < 1.29 is 27.5 Å². The number of Topliss-reactive ketones (excluding diaryl/α,β-unsaturated/α-hetero) is 1. The van der Waals surface area contributed by atoms with Crippen molar-refractivity contribution in [1.82, 2.24) is 24.5 Å². The monoisotopic (exact) mass is 551 g/mol. The smallest absolute Gasteiger partial charge is 0.410 e. The van der Waals surface area contributed by atoms with E-state index < -0.39 is 40.1 Å². The van der Waals surface area contributed by atoms with E-state index in [1.165, 1.54) is 29.4 Å². The van der Waals surface area contributed by atoms with E-state index >= 15 is 0 Å². The third kappa shape index (κ3) is 5.34. The quantitative estimate of drug-likeness (QED) is 0.472. The first-order chi connectivity index (χ1) is 18.6. The Morgan fingerprint density at radius 1 is 1.15 bits per heavy atom. The SMILES string of the molecule is CC(C)CC(NC(=O)Oc1ccc2ncccc2c1)C(=O)N1CCC2C1C(=O)CN2S(=O)(=O)c1cccnc1. The summed E-state index contributed by atoms with van der Waals surface area (Å²) >= 11 is 0. The molecule has 0 spiro atoms. The van der Waals surface area contributed by atoms with Gasteiger partial charge in [-0.15, -0.1) is 0 Å². The van der Waals surface area contributed by atoms with Gasteiger partial charge in [-0.05, 0) is 55.2 Å². The van der Waals surface area contributed by atoms with Gasteiger partial charge in [0.25, 0.3) is 0 Å². The molecule has 1 N–H and O–H groups in total. The highest BCUT2D eigenvalue weighted by molar-refractivity contribution is 7.89. The van der Waals surface area contributed by atoms with Crippen LogP contribution >= 0.6 is 0 Å². The second kappa shape index (κ2) is 10.7. The molecule has 204 valence electrons. The zero-order chi connectivity index (χ0) is 27.7. The molecule has 2 aliphatic heterocycles. The topological polar surface area (TPSA) is 139 Å². The minimum Gasteiger partial charge on any atom is -0.410 e. The highest BCUT2D eigenvalue weighted by Gasteiger charge is 2.54. The number of ketones is 1. The summed E-state index contributed by atoms with van der Waals surface area (Å²) in [6.07, 6.45) is 4.21. The van der Waals surface area contributed by atoms with Crippen LogP contribution in [-0.4, -0.2) is 76.6 Å². The fraction of sp³-hybridized carbons (Fsp3) is 0.370. The lowest BCUT2D eigenvalue weighted by Gasteiger charge is -2.28. The molecule has 2 fully saturated rings. The van der Waals surface area contributed by atoms with Crippen molar-refractivity contribution in [2.24, 2.45) is 5.92 Å². The van der Waals surface area contributed by atoms with Gasteiger partial charge >= 0.3 is 6.09 Å². The number of rotatable bonds is 7. The first kappa shape index (κ1) is 26.7. The van der Waals surface area contributed by atoms with Gasteiger partial charge in [-0.2, -0.15) is 4.31 Å². The number of carbonyl (C=O) groups is 3. The number of ether oxygens (including phenoxy) is 1. The van der Waals surface area contributed by atoms with Crippen LogP contribution in [0.15, 0.2) is 66.0 Å². The molecule has 0 radical (unpaired) electrons. The Labute approximate surface area is 226 Å². The van der Waals surface area contributed by atoms with E-state index in [9.17, 15) is 22.8 Å². The lowest BCUT2D eigenvalue weighted by atomic mass is 10.0. The van der Waals surface area contributed by atoms with Gasteiger partial charge in [-0.3, -0.25) is 19.6 Å². The summed E-state index contributed by atoms with van der Waals surface area (Å²) in [5.74, 6) is -0.447. The molecule has 0 saturated carbocycles. The molecule has 3 unspecified atom stereocenters. The van der Waals surface area contributed by atoms with Crippen LogP contribution < -0.4 is 10.1 Å². The van der Waals surface area contributed by atoms with Crippen LogP contribution in [0.1, 0.15) is 26.7 Å². The molecule has 3 atom stereocenters. The van der Waals surface area contributed by atoms with Crippen molar-refractivity contribution in [3.05, 3.63) is 61.1 Å². The number of carbonyl (C=O) groups excluding carboxylic acids is 3. The summed E-state index contributed by atoms with van der Waals surface area (Å²) in [5.41, 5.74) is 0.752. The molecule has 0 aliphatic carbocycles. The lowest BCUT2D eigenvalue weighted by molar-refractivity contribution is -0.138. The van der Waals surface area contributed by atoms with Crippen LogP contribution in [0, 0.1) is 5.92 Å². The van der Waals surface area contributed by atoms with Gasteiger partial charge in [0.1, 0.15) is 22.7 Å². The molecule has 0 bridgehead atoms. The number of likely N-dealkylation sites (tertiary alicyclic amines) is 1. The number of hydrogen-bond acceptors (Lipinski definition) is 8. The third-order valence-corrected chi connectivity index (χ3v) is 8.84. The summed E-state index contributed by atoms with van der Waals surface area (Å²) in [7, 11) is -3.97. The second-order valence-corrected chi connectivity index (χ2v) is 12.0. The Morgan fingerprint density at radius 3 is 2.69 bits per heavy atom. The van der Waals surface area contributed by atoms with E-state index in [0.717, 1.165) is 15.2 Å². The van der Waals surface area contributed by atoms with Crippen LogP contribution in [-0.2, 0) is 19.6 Å². The van der Waals surface area contributed by atoms with Crippen molar-refractivity contribution in [3.63, 3.8) is 0 Å². The average Bonchev–Trinajstić information content (AvgIpc) is 3.49. The van der Waals surface area contributed by atoms with Crippen LogP contribution in [0.3, 0.4) is 0 Å². The van der Waals surface area contributed by atoms with Crippen molar-refractivity contribution in [2.75, 3.05) is 13.1 Å². The van der Waals surface area contributed by atoms with Crippen molar-refractivity contribution >= 4 is 38.7 Å². The van der Waals surface area contributed by atoms with Gasteiger partial charge in [0.2, 0.25) is 15.9 Å². The maximum atomic E-state index is 13.7. The summed E-state index contributed by atoms with van der Waals surface area (Å²) in [6.45, 7) is 3.71. The molecule has 5 rings (SSSR count). The third-order valence-electron chi connectivity index (χ3n) is 6.98. The van der Waals surface area contributed by atoms with E-state index in [4.69, 9.17) is 4.74 Å². The minimum atomic E-state index is -3.97. The van der Waals surface area contributed by atoms with E-state index in [1.54, 1.807) is 30.5 Å². The Balaban J connectivity index is 1.31. The van der Waals surface area contributed by atoms with Gasteiger partial charge in [0.05, 0.1) is 18.1 Å². The fourth-order valence-corrected chi connectivity index (χ4v) is 6.85. The summed E-state index contributed by atoms with van der Waals surface area (Å²) in [6, 6.07) is 9.06. The normalized spacial score (nSPS) is 20.3. The van der Waals surface area contributed by atoms with Crippen LogP contribution in [0.2, 0.25) is 0 Å². The molecule has 2 aliphatic rings. The van der Waals surface area contributed by atoms with Crippen LogP contribution in [0.4, 0.5) is 4.79 Å². The number of amides is 2. The molecular formula is C27H29N5O6S. The molecule has 2 saturated heterocycles. The standard InChI is InChI=1S/C27H29N5O6S/c1-17(2)13-22(30-27(35)38-19-7-8-21-18(14-19)5-3-11-29-21)26(34)31-12-9-23-25(31)24(33)16-32(23)39(36,37)20-6-4-10-28-15-20/h3-8,10-11,14-15,17,22-23,25H,9,12-13,16H2,1-2H3,(H,30,35). The van der Waals surface area contributed by atoms with E-state index in [-0.39, 0.29) is 29.7 Å². The molecule has 2 amide bonds. The number of pyridine rings is 2. The predicted octanol–water partition coefficient (Wildman–Crippen LogP) is 2.38. The Morgan fingerprint density at radius 2 is 1.95 bits per heavy atom. The average molecular weight is 552 g/mol. The van der Waals surface area contributed by atoms with Crippen molar-refractivity contribution in [1.29, 1.82) is 0 Å². The second-order valence-electron chi connectivity index (χ2n) is 10.1. The summed E-state index contributed by atoms with van der Waals surface area (Å²) in [4.78, 5) is 49.1. The number of sulfonamides is 1. The first-order valence-corrected chi connectivity index (χ1v) is 14.2. The van der Waals surface area contributed by atoms with Crippen molar-refractivity contribution in [2.45, 2.75) is 49.7 Å². The molecule has 39 heavy (non-hydrogen) atoms. The van der Waals surface area contributed by atoms with Crippen molar-refractivity contribution in [3.8, 4) is 5.75 Å². The Kier molecular flexibility index (Phi) is 7.32. The molecule has 1 aromatic carbocycles. The van der Waals surface area contributed by atoms with Gasteiger partial charge in [0, 0.05) is 30.5 Å². The highest BCUT2D eigenvalue weighted by atomic mass is 32.2. The Bertz CT molecular complexity index is 1510. The molecule has 11 nitrogen and oxygen atoms in total. The number of benzene rings is 1. The first-order valence-electron chi connectivity index (χ1n) is 12.7. The molecule has 4 heterocycles. The minimum absolute atomic E-state index is 0.00482. The lowest BCUT2D eigenvalue weighted by Crippen LogP contribution is -2.53. The zero-order valence-corrected chi connectivity index (χ0v) is 22.4. The van der Waals surface area contributed by atoms with E-state index in [1.807, 2.05) is 19.9 Å².